The lowest BCUT2D eigenvalue weighted by molar-refractivity contribution is 0.0489. The Morgan fingerprint density at radius 2 is 2.03 bits per heavy atom. The molecule has 0 aliphatic carbocycles. The molecule has 0 radical (unpaired) electrons. The van der Waals surface area contributed by atoms with Gasteiger partial charge in [0.2, 0.25) is 0 Å². The van der Waals surface area contributed by atoms with Crippen molar-refractivity contribution in [3.05, 3.63) is 86.7 Å². The number of fused-ring (bicyclic) bond motifs is 1. The molecule has 9 heteroatoms. The molecule has 2 atom stereocenters. The molecule has 1 aliphatic heterocycles. The molecular weight excluding hydrogens is 471 g/mol. The van der Waals surface area contributed by atoms with Crippen molar-refractivity contribution in [3.63, 3.8) is 0 Å². The third-order valence-electron chi connectivity index (χ3n) is 7.16. The van der Waals surface area contributed by atoms with Gasteiger partial charge in [0.1, 0.15) is 5.82 Å². The van der Waals surface area contributed by atoms with E-state index in [1.165, 1.54) is 12.1 Å². The summed E-state index contributed by atoms with van der Waals surface area (Å²) >= 11 is 0. The average molecular weight is 505 g/mol. The Kier molecular flexibility index (Phi) is 7.43. The smallest absolute Gasteiger partial charge is 0.252 e. The quantitative estimate of drug-likeness (QED) is 0.362. The number of aromatic nitrogens is 5. The molecule has 37 heavy (non-hydrogen) atoms. The number of aromatic amines is 1. The van der Waals surface area contributed by atoms with Crippen molar-refractivity contribution in [2.45, 2.75) is 65.3 Å². The number of hydrogen-bond donors (Lipinski definition) is 1. The molecule has 2 aromatic carbocycles. The van der Waals surface area contributed by atoms with E-state index >= 15 is 0 Å². The zero-order valence-corrected chi connectivity index (χ0v) is 21.6. The molecule has 2 aromatic heterocycles. The van der Waals surface area contributed by atoms with Gasteiger partial charge in [0.05, 0.1) is 18.7 Å². The standard InChI is InChI=1S/C28H33FN6O2/c1-4-26(27-31-32-33-35(27)15-20-7-9-22(29)10-8-20)34(17-23-6-5-11-37-23)16-21-14-24-19(3)12-18(2)13-25(24)30-28(21)36/h7-10,12-14,23,26H,4-6,11,15-17H2,1-3H3,(H,30,36). The van der Waals surface area contributed by atoms with E-state index in [1.54, 1.807) is 16.8 Å². The number of benzene rings is 2. The Bertz CT molecular complexity index is 1430. The Hall–Kier alpha value is -3.43. The topological polar surface area (TPSA) is 88.9 Å². The fourth-order valence-corrected chi connectivity index (χ4v) is 5.33. The van der Waals surface area contributed by atoms with Crippen LogP contribution in [-0.4, -0.2) is 49.3 Å². The summed E-state index contributed by atoms with van der Waals surface area (Å²) < 4.78 is 21.2. The van der Waals surface area contributed by atoms with Gasteiger partial charge in [-0.1, -0.05) is 25.1 Å². The van der Waals surface area contributed by atoms with Gasteiger partial charge in [0, 0.05) is 36.2 Å². The van der Waals surface area contributed by atoms with Crippen LogP contribution in [-0.2, 0) is 17.8 Å². The highest BCUT2D eigenvalue weighted by atomic mass is 19.1. The summed E-state index contributed by atoms with van der Waals surface area (Å²) in [6, 6.07) is 12.4. The second-order valence-corrected chi connectivity index (χ2v) is 9.98. The molecule has 8 nitrogen and oxygen atoms in total. The number of nitrogens with zero attached hydrogens (tertiary/aromatic N) is 5. The predicted octanol–water partition coefficient (Wildman–Crippen LogP) is 4.45. The van der Waals surface area contributed by atoms with E-state index in [1.807, 2.05) is 19.1 Å². The molecule has 1 aliphatic rings. The van der Waals surface area contributed by atoms with Gasteiger partial charge in [-0.2, -0.15) is 0 Å². The van der Waals surface area contributed by atoms with Crippen molar-refractivity contribution in [1.82, 2.24) is 30.1 Å². The maximum atomic E-state index is 13.4. The van der Waals surface area contributed by atoms with Crippen molar-refractivity contribution < 1.29 is 9.13 Å². The zero-order chi connectivity index (χ0) is 25.9. The number of H-pyrrole nitrogens is 1. The highest BCUT2D eigenvalue weighted by Crippen LogP contribution is 2.28. The van der Waals surface area contributed by atoms with E-state index in [4.69, 9.17) is 4.74 Å². The van der Waals surface area contributed by atoms with Gasteiger partial charge in [-0.15, -0.1) is 5.10 Å². The van der Waals surface area contributed by atoms with Gasteiger partial charge in [-0.05, 0) is 84.5 Å². The lowest BCUT2D eigenvalue weighted by atomic mass is 10.0. The second-order valence-electron chi connectivity index (χ2n) is 9.98. The Balaban J connectivity index is 1.49. The summed E-state index contributed by atoms with van der Waals surface area (Å²) in [7, 11) is 0. The molecule has 1 saturated heterocycles. The minimum absolute atomic E-state index is 0.0874. The van der Waals surface area contributed by atoms with E-state index in [9.17, 15) is 9.18 Å². The van der Waals surface area contributed by atoms with Crippen LogP contribution in [0.3, 0.4) is 0 Å². The highest BCUT2D eigenvalue weighted by Gasteiger charge is 2.29. The maximum Gasteiger partial charge on any atom is 0.252 e. The maximum absolute atomic E-state index is 13.4. The van der Waals surface area contributed by atoms with Gasteiger partial charge >= 0.3 is 0 Å². The number of tetrazole rings is 1. The first kappa shape index (κ1) is 25.2. The van der Waals surface area contributed by atoms with Crippen LogP contribution in [0.4, 0.5) is 4.39 Å². The number of nitrogens with one attached hydrogen (secondary N) is 1. The van der Waals surface area contributed by atoms with E-state index < -0.39 is 0 Å². The first-order chi connectivity index (χ1) is 17.9. The van der Waals surface area contributed by atoms with Crippen LogP contribution in [0.15, 0.2) is 47.3 Å². The Morgan fingerprint density at radius 3 is 2.76 bits per heavy atom. The number of aryl methyl sites for hydroxylation is 2. The summed E-state index contributed by atoms with van der Waals surface area (Å²) in [5.74, 6) is 0.440. The molecule has 2 unspecified atom stereocenters. The average Bonchev–Trinajstić information content (AvgIpc) is 3.54. The van der Waals surface area contributed by atoms with Gasteiger partial charge in [0.15, 0.2) is 5.82 Å². The van der Waals surface area contributed by atoms with E-state index in [0.717, 1.165) is 53.5 Å². The monoisotopic (exact) mass is 504 g/mol. The fraction of sp³-hybridized carbons (Fsp3) is 0.429. The van der Waals surface area contributed by atoms with Crippen LogP contribution < -0.4 is 5.56 Å². The van der Waals surface area contributed by atoms with Crippen molar-refractivity contribution in [2.24, 2.45) is 0 Å². The van der Waals surface area contributed by atoms with Gasteiger partial charge in [-0.25, -0.2) is 9.07 Å². The molecule has 0 spiro atoms. The van der Waals surface area contributed by atoms with Crippen molar-refractivity contribution in [3.8, 4) is 0 Å². The summed E-state index contributed by atoms with van der Waals surface area (Å²) in [5.41, 5.74) is 4.63. The van der Waals surface area contributed by atoms with E-state index in [0.29, 0.717) is 31.0 Å². The Labute approximate surface area is 215 Å². The zero-order valence-electron chi connectivity index (χ0n) is 21.6. The molecule has 1 fully saturated rings. The number of halogens is 1. The molecule has 0 amide bonds. The molecule has 1 N–H and O–H groups in total. The molecular formula is C28H33FN6O2. The lowest BCUT2D eigenvalue weighted by Gasteiger charge is -2.32. The first-order valence-electron chi connectivity index (χ1n) is 12.9. The minimum atomic E-state index is -0.277. The molecule has 0 bridgehead atoms. The van der Waals surface area contributed by atoms with Crippen LogP contribution in [0, 0.1) is 19.7 Å². The minimum Gasteiger partial charge on any atom is -0.377 e. The lowest BCUT2D eigenvalue weighted by Crippen LogP contribution is -2.37. The largest absolute Gasteiger partial charge is 0.377 e. The van der Waals surface area contributed by atoms with Crippen LogP contribution in [0.25, 0.3) is 10.9 Å². The number of rotatable bonds is 9. The first-order valence-corrected chi connectivity index (χ1v) is 12.9. The molecule has 0 saturated carbocycles. The van der Waals surface area contributed by atoms with Gasteiger partial charge < -0.3 is 9.72 Å². The number of ether oxygens (including phenoxy) is 1. The van der Waals surface area contributed by atoms with Crippen molar-refractivity contribution >= 4 is 10.9 Å². The van der Waals surface area contributed by atoms with Gasteiger partial charge in [-0.3, -0.25) is 9.69 Å². The van der Waals surface area contributed by atoms with Crippen LogP contribution in [0.5, 0.6) is 0 Å². The van der Waals surface area contributed by atoms with Crippen LogP contribution in [0.1, 0.15) is 60.3 Å². The number of hydrogen-bond acceptors (Lipinski definition) is 6. The summed E-state index contributed by atoms with van der Waals surface area (Å²) in [4.78, 5) is 18.5. The SMILES string of the molecule is CCC(c1nnnn1Cc1ccc(F)cc1)N(Cc1cc2c(C)cc(C)cc2[nH]c1=O)CC1CCCO1. The van der Waals surface area contributed by atoms with Gasteiger partial charge in [0.25, 0.3) is 5.56 Å². The van der Waals surface area contributed by atoms with E-state index in [2.05, 4.69) is 45.3 Å². The number of pyridine rings is 1. The van der Waals surface area contributed by atoms with Crippen LogP contribution >= 0.6 is 0 Å². The van der Waals surface area contributed by atoms with E-state index in [-0.39, 0.29) is 23.5 Å². The van der Waals surface area contributed by atoms with Crippen molar-refractivity contribution in [1.29, 1.82) is 0 Å². The summed E-state index contributed by atoms with van der Waals surface area (Å²) in [6.45, 7) is 8.51. The summed E-state index contributed by atoms with van der Waals surface area (Å²) in [5, 5.41) is 13.6. The third kappa shape index (κ3) is 5.62. The fourth-order valence-electron chi connectivity index (χ4n) is 5.33. The normalized spacial score (nSPS) is 16.6. The molecule has 4 aromatic rings. The Morgan fingerprint density at radius 1 is 1.22 bits per heavy atom. The predicted molar refractivity (Wildman–Crippen MR) is 140 cm³/mol. The van der Waals surface area contributed by atoms with Crippen molar-refractivity contribution in [2.75, 3.05) is 13.2 Å². The second kappa shape index (κ2) is 10.9. The third-order valence-corrected chi connectivity index (χ3v) is 7.16. The molecule has 3 heterocycles. The molecule has 194 valence electrons. The molecule has 5 rings (SSSR count). The van der Waals surface area contributed by atoms with Crippen LogP contribution in [0.2, 0.25) is 0 Å². The highest BCUT2D eigenvalue weighted by molar-refractivity contribution is 5.83. The summed E-state index contributed by atoms with van der Waals surface area (Å²) in [6.07, 6.45) is 2.87.